The van der Waals surface area contributed by atoms with Crippen LogP contribution in [0.1, 0.15) is 6.92 Å². The summed E-state index contributed by atoms with van der Waals surface area (Å²) in [5, 5.41) is 7.72. The van der Waals surface area contributed by atoms with E-state index in [0.29, 0.717) is 12.3 Å². The van der Waals surface area contributed by atoms with E-state index in [2.05, 4.69) is 14.1 Å². The SMILES string of the molecule is CC(P)COO. The zero-order chi connectivity index (χ0) is 4.99. The quantitative estimate of drug-likeness (QED) is 0.321. The van der Waals surface area contributed by atoms with Gasteiger partial charge in [-0.15, -0.1) is 9.24 Å². The van der Waals surface area contributed by atoms with E-state index in [9.17, 15) is 0 Å². The van der Waals surface area contributed by atoms with E-state index in [-0.39, 0.29) is 0 Å². The highest BCUT2D eigenvalue weighted by Crippen LogP contribution is 1.94. The summed E-state index contributed by atoms with van der Waals surface area (Å²) >= 11 is 0. The second-order valence-electron chi connectivity index (χ2n) is 1.27. The fraction of sp³-hybridized carbons (Fsp3) is 1.00. The largest absolute Gasteiger partial charge is 0.252 e. The van der Waals surface area contributed by atoms with E-state index >= 15 is 0 Å². The number of hydrogen-bond acceptors (Lipinski definition) is 2. The van der Waals surface area contributed by atoms with Gasteiger partial charge in [0.05, 0.1) is 6.61 Å². The lowest BCUT2D eigenvalue weighted by atomic mass is 10.5. The van der Waals surface area contributed by atoms with Crippen molar-refractivity contribution in [2.45, 2.75) is 12.6 Å². The molecule has 3 heteroatoms. The molecule has 1 N–H and O–H groups in total. The van der Waals surface area contributed by atoms with Crippen molar-refractivity contribution in [3.63, 3.8) is 0 Å². The molecule has 0 aromatic heterocycles. The molecule has 0 saturated heterocycles. The van der Waals surface area contributed by atoms with Gasteiger partial charge in [-0.3, -0.25) is 5.26 Å². The van der Waals surface area contributed by atoms with E-state index in [0.717, 1.165) is 0 Å². The Morgan fingerprint density at radius 3 is 2.50 bits per heavy atom. The van der Waals surface area contributed by atoms with Crippen LogP contribution < -0.4 is 0 Å². The van der Waals surface area contributed by atoms with Gasteiger partial charge in [-0.1, -0.05) is 6.92 Å². The molecule has 0 bridgehead atoms. The first-order chi connectivity index (χ1) is 2.77. The van der Waals surface area contributed by atoms with Gasteiger partial charge >= 0.3 is 0 Å². The standard InChI is InChI=1S/C3H9O2P/c1-3(6)2-5-4/h3-4H,2,6H2,1H3. The summed E-state index contributed by atoms with van der Waals surface area (Å²) in [5.74, 6) is 0. The molecule has 6 heavy (non-hydrogen) atoms. The molecule has 0 radical (unpaired) electrons. The van der Waals surface area contributed by atoms with Gasteiger partial charge in [0.1, 0.15) is 0 Å². The van der Waals surface area contributed by atoms with E-state index in [1.807, 2.05) is 6.92 Å². The second-order valence-corrected chi connectivity index (χ2v) is 2.41. The van der Waals surface area contributed by atoms with Crippen LogP contribution in [0.3, 0.4) is 0 Å². The fourth-order valence-electron chi connectivity index (χ4n) is 0.118. The molecule has 0 spiro atoms. The average molecular weight is 108 g/mol. The third-order valence-corrected chi connectivity index (χ3v) is 0.530. The Morgan fingerprint density at radius 2 is 2.50 bits per heavy atom. The van der Waals surface area contributed by atoms with Gasteiger partial charge in [0.2, 0.25) is 0 Å². The lowest BCUT2D eigenvalue weighted by molar-refractivity contribution is -0.240. The molecule has 0 aliphatic rings. The maximum Gasteiger partial charge on any atom is 0.0879 e. The molecule has 0 rings (SSSR count). The zero-order valence-electron chi connectivity index (χ0n) is 3.72. The van der Waals surface area contributed by atoms with Crippen LogP contribution in [0.2, 0.25) is 0 Å². The molecule has 0 aliphatic heterocycles. The Hall–Kier alpha value is 0.350. The maximum absolute atomic E-state index is 7.72. The third-order valence-electron chi connectivity index (χ3n) is 0.337. The van der Waals surface area contributed by atoms with Crippen molar-refractivity contribution in [1.82, 2.24) is 0 Å². The van der Waals surface area contributed by atoms with Gasteiger partial charge in [0, 0.05) is 0 Å². The highest BCUT2D eigenvalue weighted by Gasteiger charge is 1.87. The van der Waals surface area contributed by atoms with Crippen molar-refractivity contribution in [1.29, 1.82) is 0 Å². The highest BCUT2D eigenvalue weighted by atomic mass is 31.0. The number of rotatable bonds is 2. The Balaban J connectivity index is 2.63. The molecule has 0 saturated carbocycles. The van der Waals surface area contributed by atoms with E-state index in [1.165, 1.54) is 0 Å². The average Bonchev–Trinajstić information content (AvgIpc) is 1.35. The van der Waals surface area contributed by atoms with Crippen LogP contribution in [0.25, 0.3) is 0 Å². The van der Waals surface area contributed by atoms with Gasteiger partial charge in [0.15, 0.2) is 0 Å². The van der Waals surface area contributed by atoms with Crippen LogP contribution in [0.5, 0.6) is 0 Å². The summed E-state index contributed by atoms with van der Waals surface area (Å²) < 4.78 is 0. The summed E-state index contributed by atoms with van der Waals surface area (Å²) in [6.07, 6.45) is 0. The minimum atomic E-state index is 0.343. The Bertz CT molecular complexity index is 30.0. The second kappa shape index (κ2) is 3.54. The number of hydrogen-bond donors (Lipinski definition) is 1. The summed E-state index contributed by atoms with van der Waals surface area (Å²) in [6.45, 7) is 2.32. The predicted octanol–water partition coefficient (Wildman–Crippen LogP) is 0.740. The summed E-state index contributed by atoms with van der Waals surface area (Å²) in [6, 6.07) is 0. The van der Waals surface area contributed by atoms with Crippen LogP contribution in [0.15, 0.2) is 0 Å². The van der Waals surface area contributed by atoms with Crippen molar-refractivity contribution in [3.8, 4) is 0 Å². The molecule has 0 aromatic rings. The minimum Gasteiger partial charge on any atom is -0.252 e. The minimum absolute atomic E-state index is 0.343. The smallest absolute Gasteiger partial charge is 0.0879 e. The van der Waals surface area contributed by atoms with Crippen molar-refractivity contribution < 1.29 is 10.1 Å². The van der Waals surface area contributed by atoms with Gasteiger partial charge < -0.3 is 0 Å². The summed E-state index contributed by atoms with van der Waals surface area (Å²) in [7, 11) is 2.49. The van der Waals surface area contributed by atoms with Gasteiger partial charge in [0.25, 0.3) is 0 Å². The van der Waals surface area contributed by atoms with Crippen molar-refractivity contribution in [2.24, 2.45) is 0 Å². The molecule has 0 aliphatic carbocycles. The molecule has 38 valence electrons. The fourth-order valence-corrected chi connectivity index (χ4v) is 0.204. The lowest BCUT2D eigenvalue weighted by Gasteiger charge is -1.95. The van der Waals surface area contributed by atoms with Crippen LogP contribution in [0.4, 0.5) is 0 Å². The Labute approximate surface area is 39.6 Å². The molecule has 2 atom stereocenters. The third kappa shape index (κ3) is 4.35. The molecule has 0 fully saturated rings. The van der Waals surface area contributed by atoms with Gasteiger partial charge in [-0.25, -0.2) is 4.89 Å². The topological polar surface area (TPSA) is 29.5 Å². The van der Waals surface area contributed by atoms with Crippen LogP contribution in [0, 0.1) is 0 Å². The van der Waals surface area contributed by atoms with E-state index in [4.69, 9.17) is 5.26 Å². The van der Waals surface area contributed by atoms with Crippen molar-refractivity contribution >= 4 is 9.24 Å². The first kappa shape index (κ1) is 6.35. The molecular weight excluding hydrogens is 99.0 g/mol. The Kier molecular flexibility index (Phi) is 3.74. The van der Waals surface area contributed by atoms with Crippen molar-refractivity contribution in [2.75, 3.05) is 6.61 Å². The summed E-state index contributed by atoms with van der Waals surface area (Å²) in [5.41, 5.74) is 0.343. The highest BCUT2D eigenvalue weighted by molar-refractivity contribution is 7.17. The predicted molar refractivity (Wildman–Crippen MR) is 27.8 cm³/mol. The van der Waals surface area contributed by atoms with Crippen molar-refractivity contribution in [3.05, 3.63) is 0 Å². The molecular formula is C3H9O2P. The monoisotopic (exact) mass is 108 g/mol. The van der Waals surface area contributed by atoms with Crippen LogP contribution in [-0.4, -0.2) is 17.5 Å². The van der Waals surface area contributed by atoms with E-state index in [1.54, 1.807) is 0 Å². The Morgan fingerprint density at radius 1 is 2.00 bits per heavy atom. The van der Waals surface area contributed by atoms with Gasteiger partial charge in [-0.05, 0) is 5.66 Å². The first-order valence-corrected chi connectivity index (χ1v) is 2.46. The molecule has 0 amide bonds. The van der Waals surface area contributed by atoms with Crippen LogP contribution in [-0.2, 0) is 4.89 Å². The zero-order valence-corrected chi connectivity index (χ0v) is 4.87. The lowest BCUT2D eigenvalue weighted by Crippen LogP contribution is -1.99. The molecule has 2 nitrogen and oxygen atoms in total. The van der Waals surface area contributed by atoms with Gasteiger partial charge in [-0.2, -0.15) is 0 Å². The molecule has 0 aromatic carbocycles. The maximum atomic E-state index is 7.72. The van der Waals surface area contributed by atoms with Crippen LogP contribution >= 0.6 is 9.24 Å². The van der Waals surface area contributed by atoms with E-state index < -0.39 is 0 Å². The first-order valence-electron chi connectivity index (χ1n) is 1.79. The molecule has 0 heterocycles. The molecule has 2 unspecified atom stereocenters. The normalized spacial score (nSPS) is 14.5. The summed E-state index contributed by atoms with van der Waals surface area (Å²) in [4.78, 5) is 3.78.